The zero-order valence-corrected chi connectivity index (χ0v) is 9.02. The maximum absolute atomic E-state index is 10.6. The molecule has 0 aliphatic rings. The van der Waals surface area contributed by atoms with Crippen LogP contribution in [0.25, 0.3) is 0 Å². The molecule has 0 unspecified atom stereocenters. The zero-order valence-electron chi connectivity index (χ0n) is 8.20. The number of carbonyl (C=O) groups excluding carboxylic acids is 1. The van der Waals surface area contributed by atoms with Crippen molar-refractivity contribution in [3.8, 4) is 0 Å². The predicted octanol–water partition coefficient (Wildman–Crippen LogP) is 2.11. The number of thiazole rings is 1. The van der Waals surface area contributed by atoms with Crippen molar-refractivity contribution in [3.05, 3.63) is 10.6 Å². The summed E-state index contributed by atoms with van der Waals surface area (Å²) >= 11 is 1.46. The van der Waals surface area contributed by atoms with Crippen molar-refractivity contribution in [2.24, 2.45) is 0 Å². The Morgan fingerprint density at radius 1 is 1.46 bits per heavy atom. The van der Waals surface area contributed by atoms with E-state index in [9.17, 15) is 4.79 Å². The van der Waals surface area contributed by atoms with Crippen LogP contribution in [0.5, 0.6) is 0 Å². The van der Waals surface area contributed by atoms with Crippen LogP contribution >= 0.6 is 11.3 Å². The zero-order chi connectivity index (χ0) is 9.84. The van der Waals surface area contributed by atoms with Crippen LogP contribution < -0.4 is 4.90 Å². The Labute approximate surface area is 82.4 Å². The number of carbonyl (C=O) groups is 1. The van der Waals surface area contributed by atoms with Gasteiger partial charge in [-0.1, -0.05) is 11.3 Å². The molecule has 13 heavy (non-hydrogen) atoms. The molecular formula is C9H14N2OS. The summed E-state index contributed by atoms with van der Waals surface area (Å²) in [6.07, 6.45) is 0.875. The Morgan fingerprint density at radius 2 is 2.08 bits per heavy atom. The first-order valence-electron chi connectivity index (χ1n) is 4.40. The van der Waals surface area contributed by atoms with E-state index < -0.39 is 0 Å². The van der Waals surface area contributed by atoms with Crippen LogP contribution in [0.2, 0.25) is 0 Å². The molecule has 3 nitrogen and oxygen atoms in total. The largest absolute Gasteiger partial charge is 0.349 e. The molecule has 0 aliphatic heterocycles. The third kappa shape index (κ3) is 2.06. The SMILES string of the molecule is CCN(CC)c1nc(C)c(C=O)s1. The fourth-order valence-electron chi connectivity index (χ4n) is 1.13. The Bertz CT molecular complexity index is 292. The first-order chi connectivity index (χ1) is 6.22. The van der Waals surface area contributed by atoms with E-state index in [4.69, 9.17) is 0 Å². The molecule has 0 saturated heterocycles. The molecule has 0 radical (unpaired) electrons. The van der Waals surface area contributed by atoms with Crippen LogP contribution in [0.1, 0.15) is 29.2 Å². The van der Waals surface area contributed by atoms with Crippen molar-refractivity contribution in [1.82, 2.24) is 4.98 Å². The standard InChI is InChI=1S/C9H14N2OS/c1-4-11(5-2)9-10-7(3)8(6-12)13-9/h6H,4-5H2,1-3H3. The molecule has 0 amide bonds. The smallest absolute Gasteiger partial charge is 0.186 e. The van der Waals surface area contributed by atoms with Crippen molar-refractivity contribution < 1.29 is 4.79 Å². The van der Waals surface area contributed by atoms with Gasteiger partial charge in [0.05, 0.1) is 10.6 Å². The number of hydrogen-bond acceptors (Lipinski definition) is 4. The molecule has 0 bridgehead atoms. The average molecular weight is 198 g/mol. The van der Waals surface area contributed by atoms with Crippen molar-refractivity contribution in [1.29, 1.82) is 0 Å². The topological polar surface area (TPSA) is 33.2 Å². The van der Waals surface area contributed by atoms with Gasteiger partial charge in [0.2, 0.25) is 0 Å². The van der Waals surface area contributed by atoms with Gasteiger partial charge >= 0.3 is 0 Å². The van der Waals surface area contributed by atoms with E-state index in [-0.39, 0.29) is 0 Å². The highest BCUT2D eigenvalue weighted by Crippen LogP contribution is 2.24. The second kappa shape index (κ2) is 4.37. The second-order valence-electron chi connectivity index (χ2n) is 2.74. The molecule has 4 heteroatoms. The number of aryl methyl sites for hydroxylation is 1. The van der Waals surface area contributed by atoms with Gasteiger partial charge in [0.15, 0.2) is 11.4 Å². The van der Waals surface area contributed by atoms with Gasteiger partial charge < -0.3 is 4.90 Å². The number of aldehydes is 1. The van der Waals surface area contributed by atoms with E-state index >= 15 is 0 Å². The van der Waals surface area contributed by atoms with Gasteiger partial charge in [-0.3, -0.25) is 4.79 Å². The van der Waals surface area contributed by atoms with Crippen LogP contribution in [0.15, 0.2) is 0 Å². The summed E-state index contributed by atoms with van der Waals surface area (Å²) in [5, 5.41) is 0.949. The fourth-order valence-corrected chi connectivity index (χ4v) is 2.14. The van der Waals surface area contributed by atoms with Gasteiger partial charge in [0, 0.05) is 13.1 Å². The Balaban J connectivity index is 2.94. The van der Waals surface area contributed by atoms with Crippen LogP contribution in [-0.4, -0.2) is 24.4 Å². The highest BCUT2D eigenvalue weighted by molar-refractivity contribution is 7.17. The maximum atomic E-state index is 10.6. The number of aromatic nitrogens is 1. The van der Waals surface area contributed by atoms with Gasteiger partial charge in [0.1, 0.15) is 0 Å². The third-order valence-electron chi connectivity index (χ3n) is 1.96. The summed E-state index contributed by atoms with van der Waals surface area (Å²) in [5.74, 6) is 0. The molecule has 72 valence electrons. The first kappa shape index (κ1) is 10.2. The Hall–Kier alpha value is -0.900. The quantitative estimate of drug-likeness (QED) is 0.695. The van der Waals surface area contributed by atoms with Crippen molar-refractivity contribution in [2.45, 2.75) is 20.8 Å². The molecule has 1 aromatic rings. The highest BCUT2D eigenvalue weighted by Gasteiger charge is 2.10. The van der Waals surface area contributed by atoms with E-state index in [1.807, 2.05) is 6.92 Å². The third-order valence-corrected chi connectivity index (χ3v) is 3.11. The van der Waals surface area contributed by atoms with Crippen LogP contribution in [-0.2, 0) is 0 Å². The predicted molar refractivity (Wildman–Crippen MR) is 55.8 cm³/mol. The van der Waals surface area contributed by atoms with E-state index in [1.54, 1.807) is 0 Å². The molecule has 1 aromatic heterocycles. The molecular weight excluding hydrogens is 184 g/mol. The number of nitrogens with zero attached hydrogens (tertiary/aromatic N) is 2. The lowest BCUT2D eigenvalue weighted by molar-refractivity contribution is 0.112. The highest BCUT2D eigenvalue weighted by atomic mass is 32.1. The fraction of sp³-hybridized carbons (Fsp3) is 0.556. The lowest BCUT2D eigenvalue weighted by Crippen LogP contribution is -2.21. The van der Waals surface area contributed by atoms with Crippen LogP contribution in [0, 0.1) is 6.92 Å². The lowest BCUT2D eigenvalue weighted by Gasteiger charge is -2.16. The normalized spacial score (nSPS) is 10.1. The monoisotopic (exact) mass is 198 g/mol. The minimum atomic E-state index is 0.738. The summed E-state index contributed by atoms with van der Waals surface area (Å²) in [7, 11) is 0. The second-order valence-corrected chi connectivity index (χ2v) is 3.75. The summed E-state index contributed by atoms with van der Waals surface area (Å²) in [6.45, 7) is 7.90. The number of hydrogen-bond donors (Lipinski definition) is 0. The van der Waals surface area contributed by atoms with Crippen molar-refractivity contribution in [3.63, 3.8) is 0 Å². The van der Waals surface area contributed by atoms with Gasteiger partial charge in [-0.05, 0) is 20.8 Å². The minimum absolute atomic E-state index is 0.738. The summed E-state index contributed by atoms with van der Waals surface area (Å²) in [5.41, 5.74) is 0.835. The van der Waals surface area contributed by atoms with Gasteiger partial charge in [0.25, 0.3) is 0 Å². The number of rotatable bonds is 4. The lowest BCUT2D eigenvalue weighted by atomic mass is 10.4. The average Bonchev–Trinajstić information content (AvgIpc) is 2.49. The van der Waals surface area contributed by atoms with Crippen LogP contribution in [0.4, 0.5) is 5.13 Å². The van der Waals surface area contributed by atoms with E-state index in [0.717, 1.165) is 35.1 Å². The van der Waals surface area contributed by atoms with Crippen molar-refractivity contribution >= 4 is 22.8 Å². The first-order valence-corrected chi connectivity index (χ1v) is 5.22. The Morgan fingerprint density at radius 3 is 2.46 bits per heavy atom. The van der Waals surface area contributed by atoms with Gasteiger partial charge in [-0.2, -0.15) is 0 Å². The van der Waals surface area contributed by atoms with E-state index in [2.05, 4.69) is 23.7 Å². The molecule has 0 spiro atoms. The summed E-state index contributed by atoms with van der Waals surface area (Å²) in [4.78, 5) is 17.8. The van der Waals surface area contributed by atoms with Gasteiger partial charge in [-0.25, -0.2) is 4.98 Å². The van der Waals surface area contributed by atoms with E-state index in [0.29, 0.717) is 0 Å². The molecule has 0 atom stereocenters. The molecule has 0 N–H and O–H groups in total. The Kier molecular flexibility index (Phi) is 3.42. The van der Waals surface area contributed by atoms with E-state index in [1.165, 1.54) is 11.3 Å². The van der Waals surface area contributed by atoms with Crippen LogP contribution in [0.3, 0.4) is 0 Å². The summed E-state index contributed by atoms with van der Waals surface area (Å²) in [6, 6.07) is 0. The molecule has 1 heterocycles. The summed E-state index contributed by atoms with van der Waals surface area (Å²) < 4.78 is 0. The molecule has 0 aliphatic carbocycles. The number of anilines is 1. The molecule has 1 rings (SSSR count). The minimum Gasteiger partial charge on any atom is -0.349 e. The molecule has 0 aromatic carbocycles. The maximum Gasteiger partial charge on any atom is 0.186 e. The van der Waals surface area contributed by atoms with Crippen molar-refractivity contribution in [2.75, 3.05) is 18.0 Å². The molecule has 0 saturated carbocycles. The molecule has 0 fully saturated rings. The van der Waals surface area contributed by atoms with Gasteiger partial charge in [-0.15, -0.1) is 0 Å².